The van der Waals surface area contributed by atoms with E-state index in [9.17, 15) is 4.79 Å². The smallest absolute Gasteiger partial charge is 0.222 e. The summed E-state index contributed by atoms with van der Waals surface area (Å²) in [5.74, 6) is 0.284. The third kappa shape index (κ3) is 5.13. The molecule has 3 rings (SSSR count). The summed E-state index contributed by atoms with van der Waals surface area (Å²) in [6.07, 6.45) is 3.48. The van der Waals surface area contributed by atoms with E-state index in [4.69, 9.17) is 9.72 Å². The van der Waals surface area contributed by atoms with Crippen molar-refractivity contribution < 1.29 is 9.53 Å². The number of ether oxygens (including phenoxy) is 1. The third-order valence-electron chi connectivity index (χ3n) is 4.78. The maximum absolute atomic E-state index is 12.2. The van der Waals surface area contributed by atoms with Crippen molar-refractivity contribution in [2.24, 2.45) is 0 Å². The topological polar surface area (TPSA) is 54.5 Å². The molecule has 26 heavy (non-hydrogen) atoms. The van der Waals surface area contributed by atoms with Gasteiger partial charge in [0.25, 0.3) is 0 Å². The molecule has 1 atom stereocenters. The van der Waals surface area contributed by atoms with Crippen LogP contribution in [0, 0.1) is 0 Å². The molecule has 1 amide bonds. The van der Waals surface area contributed by atoms with Gasteiger partial charge in [-0.15, -0.1) is 11.3 Å². The molecule has 0 spiro atoms. The van der Waals surface area contributed by atoms with Gasteiger partial charge in [0.15, 0.2) is 0 Å². The third-order valence-corrected chi connectivity index (χ3v) is 5.69. The van der Waals surface area contributed by atoms with Crippen molar-refractivity contribution >= 4 is 17.2 Å². The fraction of sp³-hybridized carbons (Fsp3) is 0.500. The van der Waals surface area contributed by atoms with Crippen LogP contribution >= 0.6 is 11.3 Å². The van der Waals surface area contributed by atoms with Gasteiger partial charge < -0.3 is 15.0 Å². The van der Waals surface area contributed by atoms with E-state index in [1.165, 1.54) is 0 Å². The molecule has 1 aliphatic rings. The number of rotatable bonds is 10. The molecule has 1 aliphatic heterocycles. The number of hydrogen-bond acceptors (Lipinski definition) is 5. The minimum absolute atomic E-state index is 0.284. The van der Waals surface area contributed by atoms with Crippen molar-refractivity contribution in [1.82, 2.24) is 15.2 Å². The average Bonchev–Trinajstić information content (AvgIpc) is 3.28. The number of methoxy groups -OCH3 is 1. The van der Waals surface area contributed by atoms with Gasteiger partial charge in [-0.2, -0.15) is 0 Å². The number of benzene rings is 1. The highest BCUT2D eigenvalue weighted by Gasteiger charge is 2.30. The lowest BCUT2D eigenvalue weighted by Crippen LogP contribution is -2.37. The van der Waals surface area contributed by atoms with Crippen LogP contribution in [0.3, 0.4) is 0 Å². The van der Waals surface area contributed by atoms with Crippen LogP contribution in [0.4, 0.5) is 0 Å². The van der Waals surface area contributed by atoms with E-state index >= 15 is 0 Å². The summed E-state index contributed by atoms with van der Waals surface area (Å²) >= 11 is 1.68. The quantitative estimate of drug-likeness (QED) is 0.651. The van der Waals surface area contributed by atoms with Crippen LogP contribution in [0.5, 0.6) is 0 Å². The molecular formula is C20H27N3O2S. The Morgan fingerprint density at radius 1 is 1.31 bits per heavy atom. The number of nitrogens with one attached hydrogen (secondary N) is 1. The zero-order valence-corrected chi connectivity index (χ0v) is 16.1. The van der Waals surface area contributed by atoms with Crippen molar-refractivity contribution in [3.63, 3.8) is 0 Å². The number of carbonyl (C=O) groups excluding carboxylic acids is 1. The summed E-state index contributed by atoms with van der Waals surface area (Å²) in [6.45, 7) is 3.27. The number of amides is 1. The number of hydrogen-bond donors (Lipinski definition) is 1. The monoisotopic (exact) mass is 373 g/mol. The van der Waals surface area contributed by atoms with Gasteiger partial charge in [-0.3, -0.25) is 4.79 Å². The standard InChI is InChI=1S/C20H27N3O2S/c1-25-14-12-21-11-9-17-7-8-20(24)23(17)13-10-19-22-18(15-26-19)16-5-3-2-4-6-16/h2-6,15,17,21H,7-14H2,1H3. The van der Waals surface area contributed by atoms with Crippen LogP contribution in [0.1, 0.15) is 24.3 Å². The van der Waals surface area contributed by atoms with Crippen LogP contribution in [-0.4, -0.2) is 55.2 Å². The second-order valence-electron chi connectivity index (χ2n) is 6.55. The molecule has 2 heterocycles. The molecule has 5 nitrogen and oxygen atoms in total. The molecule has 0 bridgehead atoms. The molecule has 6 heteroatoms. The minimum atomic E-state index is 0.284. The lowest BCUT2D eigenvalue weighted by Gasteiger charge is -2.24. The van der Waals surface area contributed by atoms with E-state index in [0.717, 1.165) is 61.8 Å². The summed E-state index contributed by atoms with van der Waals surface area (Å²) < 4.78 is 5.04. The predicted octanol–water partition coefficient (Wildman–Crippen LogP) is 2.97. The summed E-state index contributed by atoms with van der Waals surface area (Å²) in [4.78, 5) is 19.0. The number of likely N-dealkylation sites (tertiary alicyclic amines) is 1. The molecule has 0 radical (unpaired) electrons. The Morgan fingerprint density at radius 2 is 2.15 bits per heavy atom. The van der Waals surface area contributed by atoms with Crippen LogP contribution in [0.15, 0.2) is 35.7 Å². The fourth-order valence-corrected chi connectivity index (χ4v) is 4.15. The lowest BCUT2D eigenvalue weighted by molar-refractivity contribution is -0.129. The number of nitrogens with zero attached hydrogens (tertiary/aromatic N) is 2. The molecule has 0 saturated carbocycles. The minimum Gasteiger partial charge on any atom is -0.383 e. The Hall–Kier alpha value is -1.76. The average molecular weight is 374 g/mol. The SMILES string of the molecule is COCCNCCC1CCC(=O)N1CCc1nc(-c2ccccc2)cs1. The Bertz CT molecular complexity index is 689. The molecule has 1 unspecified atom stereocenters. The van der Waals surface area contributed by atoms with Gasteiger partial charge in [-0.05, 0) is 19.4 Å². The largest absolute Gasteiger partial charge is 0.383 e. The number of thiazole rings is 1. The molecular weight excluding hydrogens is 346 g/mol. The molecule has 140 valence electrons. The zero-order valence-electron chi connectivity index (χ0n) is 15.3. The Kier molecular flexibility index (Phi) is 7.17. The summed E-state index contributed by atoms with van der Waals surface area (Å²) in [7, 11) is 1.71. The van der Waals surface area contributed by atoms with E-state index in [0.29, 0.717) is 12.5 Å². The second-order valence-corrected chi connectivity index (χ2v) is 7.50. The number of carbonyl (C=O) groups is 1. The Morgan fingerprint density at radius 3 is 2.96 bits per heavy atom. The van der Waals surface area contributed by atoms with Crippen molar-refractivity contribution in [1.29, 1.82) is 0 Å². The van der Waals surface area contributed by atoms with Crippen molar-refractivity contribution in [3.8, 4) is 11.3 Å². The van der Waals surface area contributed by atoms with Crippen LogP contribution in [0.2, 0.25) is 0 Å². The molecule has 1 saturated heterocycles. The first-order chi connectivity index (χ1) is 12.8. The van der Waals surface area contributed by atoms with Gasteiger partial charge in [0.05, 0.1) is 17.3 Å². The molecule has 1 aromatic heterocycles. The first-order valence-electron chi connectivity index (χ1n) is 9.27. The fourth-order valence-electron chi connectivity index (χ4n) is 3.35. The lowest BCUT2D eigenvalue weighted by atomic mass is 10.1. The van der Waals surface area contributed by atoms with Crippen molar-refractivity contribution in [3.05, 3.63) is 40.7 Å². The van der Waals surface area contributed by atoms with Crippen LogP contribution in [-0.2, 0) is 16.0 Å². The first kappa shape index (κ1) is 19.0. The normalized spacial score (nSPS) is 17.2. The maximum Gasteiger partial charge on any atom is 0.222 e. The number of aromatic nitrogens is 1. The predicted molar refractivity (Wildman–Crippen MR) is 105 cm³/mol. The highest BCUT2D eigenvalue weighted by Crippen LogP contribution is 2.24. The first-order valence-corrected chi connectivity index (χ1v) is 10.1. The molecule has 2 aromatic rings. The zero-order chi connectivity index (χ0) is 18.2. The van der Waals surface area contributed by atoms with Gasteiger partial charge in [-0.25, -0.2) is 4.98 Å². The van der Waals surface area contributed by atoms with Crippen molar-refractivity contribution in [2.75, 3.05) is 33.4 Å². The maximum atomic E-state index is 12.2. The van der Waals surface area contributed by atoms with Gasteiger partial charge in [-0.1, -0.05) is 30.3 Å². The molecule has 1 N–H and O–H groups in total. The van der Waals surface area contributed by atoms with E-state index in [2.05, 4.69) is 27.7 Å². The van der Waals surface area contributed by atoms with Crippen molar-refractivity contribution in [2.45, 2.75) is 31.7 Å². The van der Waals surface area contributed by atoms with Gasteiger partial charge in [0, 0.05) is 50.0 Å². The molecule has 0 aliphatic carbocycles. The van der Waals surface area contributed by atoms with Crippen LogP contribution in [0.25, 0.3) is 11.3 Å². The van der Waals surface area contributed by atoms with Crippen LogP contribution < -0.4 is 5.32 Å². The van der Waals surface area contributed by atoms with Gasteiger partial charge in [0.2, 0.25) is 5.91 Å². The summed E-state index contributed by atoms with van der Waals surface area (Å²) in [5, 5.41) is 6.57. The van der Waals surface area contributed by atoms with E-state index in [-0.39, 0.29) is 5.91 Å². The summed E-state index contributed by atoms with van der Waals surface area (Å²) in [5.41, 5.74) is 2.17. The Balaban J connectivity index is 1.49. The Labute approximate surface area is 159 Å². The van der Waals surface area contributed by atoms with Gasteiger partial charge >= 0.3 is 0 Å². The van der Waals surface area contributed by atoms with E-state index in [1.54, 1.807) is 18.4 Å². The molecule has 1 fully saturated rings. The second kappa shape index (κ2) is 9.80. The van der Waals surface area contributed by atoms with E-state index < -0.39 is 0 Å². The highest BCUT2D eigenvalue weighted by atomic mass is 32.1. The summed E-state index contributed by atoms with van der Waals surface area (Å²) in [6, 6.07) is 10.6. The van der Waals surface area contributed by atoms with E-state index in [1.807, 2.05) is 18.2 Å². The highest BCUT2D eigenvalue weighted by molar-refractivity contribution is 7.09. The van der Waals surface area contributed by atoms with Gasteiger partial charge in [0.1, 0.15) is 0 Å². The molecule has 1 aromatic carbocycles.